The van der Waals surface area contributed by atoms with Crippen molar-refractivity contribution < 1.29 is 13.2 Å². The molecule has 0 bridgehead atoms. The molecule has 23 heavy (non-hydrogen) atoms. The molecule has 8 heteroatoms. The van der Waals surface area contributed by atoms with E-state index in [0.717, 1.165) is 16.4 Å². The van der Waals surface area contributed by atoms with E-state index in [4.69, 9.17) is 4.74 Å². The van der Waals surface area contributed by atoms with Crippen LogP contribution in [0.4, 0.5) is 5.13 Å². The SMILES string of the molecule is O=S(=O)(CCNc1nc(-c2ccccc2)cs1)N1CCOCC1. The molecule has 0 spiro atoms. The van der Waals surface area contributed by atoms with Crippen molar-refractivity contribution in [1.82, 2.24) is 9.29 Å². The number of morpholine rings is 1. The van der Waals surface area contributed by atoms with Gasteiger partial charge in [0.05, 0.1) is 24.7 Å². The lowest BCUT2D eigenvalue weighted by Gasteiger charge is -2.25. The van der Waals surface area contributed by atoms with E-state index in [2.05, 4.69) is 10.3 Å². The van der Waals surface area contributed by atoms with Gasteiger partial charge in [-0.2, -0.15) is 4.31 Å². The molecule has 0 amide bonds. The zero-order valence-electron chi connectivity index (χ0n) is 12.6. The number of anilines is 1. The Balaban J connectivity index is 1.54. The standard InChI is InChI=1S/C15H19N3O3S2/c19-23(20,18-7-9-21-10-8-18)11-6-16-15-17-14(12-22-15)13-4-2-1-3-5-13/h1-5,12H,6-11H2,(H,16,17). The minimum atomic E-state index is -3.23. The van der Waals surface area contributed by atoms with Crippen molar-refractivity contribution in [3.8, 4) is 11.3 Å². The third-order valence-corrected chi connectivity index (χ3v) is 6.25. The molecular weight excluding hydrogens is 334 g/mol. The molecule has 1 aliphatic rings. The second kappa shape index (κ2) is 7.39. The van der Waals surface area contributed by atoms with E-state index in [1.54, 1.807) is 0 Å². The van der Waals surface area contributed by atoms with Crippen molar-refractivity contribution in [2.24, 2.45) is 0 Å². The zero-order valence-corrected chi connectivity index (χ0v) is 14.3. The minimum absolute atomic E-state index is 0.0627. The summed E-state index contributed by atoms with van der Waals surface area (Å²) >= 11 is 1.48. The predicted molar refractivity (Wildman–Crippen MR) is 92.2 cm³/mol. The Morgan fingerprint density at radius 1 is 1.22 bits per heavy atom. The summed E-state index contributed by atoms with van der Waals surface area (Å²) in [6.45, 7) is 2.18. The zero-order chi connectivity index (χ0) is 16.1. The highest BCUT2D eigenvalue weighted by molar-refractivity contribution is 7.89. The summed E-state index contributed by atoms with van der Waals surface area (Å²) in [6, 6.07) is 9.91. The van der Waals surface area contributed by atoms with Crippen molar-refractivity contribution >= 4 is 26.5 Å². The fourth-order valence-electron chi connectivity index (χ4n) is 2.34. The number of rotatable bonds is 6. The topological polar surface area (TPSA) is 71.5 Å². The molecule has 0 radical (unpaired) electrons. The van der Waals surface area contributed by atoms with Gasteiger partial charge in [-0.05, 0) is 0 Å². The van der Waals surface area contributed by atoms with E-state index < -0.39 is 10.0 Å². The van der Waals surface area contributed by atoms with Gasteiger partial charge in [0.25, 0.3) is 0 Å². The average molecular weight is 353 g/mol. The van der Waals surface area contributed by atoms with E-state index in [0.29, 0.717) is 32.8 Å². The highest BCUT2D eigenvalue weighted by Gasteiger charge is 2.23. The molecule has 2 heterocycles. The largest absolute Gasteiger partial charge is 0.379 e. The van der Waals surface area contributed by atoms with Crippen LogP contribution in [0.5, 0.6) is 0 Å². The minimum Gasteiger partial charge on any atom is -0.379 e. The molecule has 1 aromatic heterocycles. The molecule has 1 saturated heterocycles. The smallest absolute Gasteiger partial charge is 0.215 e. The molecule has 0 saturated carbocycles. The first kappa shape index (κ1) is 16.4. The summed E-state index contributed by atoms with van der Waals surface area (Å²) in [5.41, 5.74) is 1.95. The van der Waals surface area contributed by atoms with E-state index in [1.165, 1.54) is 15.6 Å². The van der Waals surface area contributed by atoms with Crippen LogP contribution in [0.25, 0.3) is 11.3 Å². The first-order valence-corrected chi connectivity index (χ1v) is 9.94. The van der Waals surface area contributed by atoms with Gasteiger partial charge in [0, 0.05) is 30.6 Å². The Morgan fingerprint density at radius 2 is 1.96 bits per heavy atom. The van der Waals surface area contributed by atoms with Gasteiger partial charge in [-0.1, -0.05) is 30.3 Å². The van der Waals surface area contributed by atoms with Crippen LogP contribution >= 0.6 is 11.3 Å². The summed E-state index contributed by atoms with van der Waals surface area (Å²) in [7, 11) is -3.23. The van der Waals surface area contributed by atoms with Crippen molar-refractivity contribution in [2.45, 2.75) is 0 Å². The van der Waals surface area contributed by atoms with Crippen LogP contribution in [0, 0.1) is 0 Å². The number of benzene rings is 1. The molecule has 1 aliphatic heterocycles. The second-order valence-electron chi connectivity index (χ2n) is 5.16. The number of hydrogen-bond donors (Lipinski definition) is 1. The van der Waals surface area contributed by atoms with Crippen molar-refractivity contribution in [2.75, 3.05) is 43.9 Å². The number of sulfonamides is 1. The van der Waals surface area contributed by atoms with E-state index in [9.17, 15) is 8.42 Å². The van der Waals surface area contributed by atoms with Crippen molar-refractivity contribution in [3.05, 3.63) is 35.7 Å². The molecule has 2 aromatic rings. The van der Waals surface area contributed by atoms with Gasteiger partial charge >= 0.3 is 0 Å². The molecule has 1 fully saturated rings. The number of thiazole rings is 1. The van der Waals surface area contributed by atoms with E-state index in [-0.39, 0.29) is 5.75 Å². The van der Waals surface area contributed by atoms with Gasteiger partial charge in [-0.3, -0.25) is 0 Å². The van der Waals surface area contributed by atoms with Crippen LogP contribution in [0.1, 0.15) is 0 Å². The summed E-state index contributed by atoms with van der Waals surface area (Å²) in [6.07, 6.45) is 0. The number of nitrogens with zero attached hydrogens (tertiary/aromatic N) is 2. The maximum Gasteiger partial charge on any atom is 0.215 e. The van der Waals surface area contributed by atoms with Crippen LogP contribution in [0.2, 0.25) is 0 Å². The van der Waals surface area contributed by atoms with Gasteiger partial charge in [-0.25, -0.2) is 13.4 Å². The normalized spacial score (nSPS) is 16.3. The summed E-state index contributed by atoms with van der Waals surface area (Å²) in [5.74, 6) is 0.0627. The Bertz CT molecular complexity index is 725. The molecule has 1 aromatic carbocycles. The van der Waals surface area contributed by atoms with Gasteiger partial charge in [-0.15, -0.1) is 11.3 Å². The highest BCUT2D eigenvalue weighted by atomic mass is 32.2. The van der Waals surface area contributed by atoms with Crippen molar-refractivity contribution in [1.29, 1.82) is 0 Å². The number of hydrogen-bond acceptors (Lipinski definition) is 6. The predicted octanol–water partition coefficient (Wildman–Crippen LogP) is 1.88. The van der Waals surface area contributed by atoms with Crippen molar-refractivity contribution in [3.63, 3.8) is 0 Å². The van der Waals surface area contributed by atoms with Crippen LogP contribution in [-0.2, 0) is 14.8 Å². The fourth-order valence-corrected chi connectivity index (χ4v) is 4.41. The first-order valence-electron chi connectivity index (χ1n) is 7.45. The second-order valence-corrected chi connectivity index (χ2v) is 8.10. The van der Waals surface area contributed by atoms with E-state index in [1.807, 2.05) is 35.7 Å². The highest BCUT2D eigenvalue weighted by Crippen LogP contribution is 2.24. The molecule has 1 N–H and O–H groups in total. The molecule has 6 nitrogen and oxygen atoms in total. The molecule has 0 unspecified atom stereocenters. The Kier molecular flexibility index (Phi) is 5.27. The molecular formula is C15H19N3O3S2. The Labute approximate surface area is 140 Å². The molecule has 3 rings (SSSR count). The van der Waals surface area contributed by atoms with Gasteiger partial charge < -0.3 is 10.1 Å². The molecule has 0 atom stereocenters. The third kappa shape index (κ3) is 4.29. The van der Waals surface area contributed by atoms with Crippen LogP contribution in [-0.4, -0.2) is 56.3 Å². The van der Waals surface area contributed by atoms with Gasteiger partial charge in [0.2, 0.25) is 10.0 Å². The molecule has 0 aliphatic carbocycles. The van der Waals surface area contributed by atoms with Crippen LogP contribution < -0.4 is 5.32 Å². The van der Waals surface area contributed by atoms with E-state index >= 15 is 0 Å². The summed E-state index contributed by atoms with van der Waals surface area (Å²) in [5, 5.41) is 5.80. The van der Waals surface area contributed by atoms with Gasteiger partial charge in [0.15, 0.2) is 5.13 Å². The summed E-state index contributed by atoms with van der Waals surface area (Å²) in [4.78, 5) is 4.49. The lowest BCUT2D eigenvalue weighted by Crippen LogP contribution is -2.42. The lowest BCUT2D eigenvalue weighted by atomic mass is 10.2. The Hall–Kier alpha value is -1.48. The fraction of sp³-hybridized carbons (Fsp3) is 0.400. The maximum atomic E-state index is 12.2. The lowest BCUT2D eigenvalue weighted by molar-refractivity contribution is 0.0731. The van der Waals surface area contributed by atoms with Crippen LogP contribution in [0.15, 0.2) is 35.7 Å². The average Bonchev–Trinajstić information content (AvgIpc) is 3.05. The quantitative estimate of drug-likeness (QED) is 0.859. The molecule has 124 valence electrons. The summed E-state index contributed by atoms with van der Waals surface area (Å²) < 4.78 is 31.1. The first-order chi connectivity index (χ1) is 11.1. The Morgan fingerprint density at radius 3 is 2.70 bits per heavy atom. The number of nitrogens with one attached hydrogen (secondary N) is 1. The third-order valence-electron chi connectivity index (χ3n) is 3.57. The van der Waals surface area contributed by atoms with Gasteiger partial charge in [0.1, 0.15) is 0 Å². The maximum absolute atomic E-state index is 12.2. The monoisotopic (exact) mass is 353 g/mol. The van der Waals surface area contributed by atoms with Crippen LogP contribution in [0.3, 0.4) is 0 Å². The number of ether oxygens (including phenoxy) is 1. The number of aromatic nitrogens is 1.